The second kappa shape index (κ2) is 12.5. The third-order valence-electron chi connectivity index (χ3n) is 5.33. The van der Waals surface area contributed by atoms with Gasteiger partial charge >= 0.3 is 5.97 Å². The predicted octanol–water partition coefficient (Wildman–Crippen LogP) is 1.09. The molecular formula is C20H23N9O5S5. The first-order valence-electron chi connectivity index (χ1n) is 11.0. The molecule has 0 bridgehead atoms. The number of fused-ring (bicyclic) bond motifs is 1. The standard InChI is InChI=1S/C20H23N9O5S5/c1-28(2)10(21)7-38-20-26-25-19(39-20)37-5-8-4-35-16-12(15(31)29(16)13(8)17(32)33)24-14(30)11(27-34-3)9-6-36-18(22)23-9/h6,12,16,21H,4-5,7H2,1-3H3,(H2,22,23)(H,24,30)(H,32,33)/b21-10?,27-11-/t12-,16+/m1/s1. The highest BCUT2D eigenvalue weighted by atomic mass is 32.2. The summed E-state index contributed by atoms with van der Waals surface area (Å²) < 4.78 is 1.37. The molecule has 2 amide bonds. The van der Waals surface area contributed by atoms with Crippen molar-refractivity contribution in [3.8, 4) is 0 Å². The lowest BCUT2D eigenvalue weighted by Crippen LogP contribution is -2.71. The van der Waals surface area contributed by atoms with Crippen molar-refractivity contribution in [1.82, 2.24) is 30.3 Å². The summed E-state index contributed by atoms with van der Waals surface area (Å²) in [6, 6.07) is -0.937. The number of oxime groups is 1. The third kappa shape index (κ3) is 6.48. The number of nitrogen functional groups attached to an aromatic ring is 1. The SMILES string of the molecule is CO/N=C(\C(=O)N[C@@H]1C(=O)N2C(C(=O)O)=C(CSc3nnc(SCC(=N)N(C)C)s3)CS[C@@H]12)c1csc(N)n1. The van der Waals surface area contributed by atoms with Crippen molar-refractivity contribution in [1.29, 1.82) is 5.41 Å². The molecule has 0 unspecified atom stereocenters. The maximum absolute atomic E-state index is 13.0. The van der Waals surface area contributed by atoms with Crippen molar-refractivity contribution in [2.75, 3.05) is 44.2 Å². The van der Waals surface area contributed by atoms with Gasteiger partial charge in [0.2, 0.25) is 0 Å². The minimum atomic E-state index is -1.22. The van der Waals surface area contributed by atoms with Crippen LogP contribution in [0.5, 0.6) is 0 Å². The Bertz CT molecular complexity index is 1360. The highest BCUT2D eigenvalue weighted by Gasteiger charge is 2.54. The number of nitrogens with two attached hydrogens (primary N) is 1. The van der Waals surface area contributed by atoms with E-state index in [0.29, 0.717) is 37.3 Å². The lowest BCUT2D eigenvalue weighted by atomic mass is 10.0. The molecule has 0 aliphatic carbocycles. The molecule has 0 radical (unpaired) electrons. The monoisotopic (exact) mass is 629 g/mol. The van der Waals surface area contributed by atoms with Crippen LogP contribution in [0.15, 0.2) is 30.5 Å². The van der Waals surface area contributed by atoms with Gasteiger partial charge in [0.25, 0.3) is 11.8 Å². The number of thiazole rings is 1. The minimum Gasteiger partial charge on any atom is -0.477 e. The zero-order valence-electron chi connectivity index (χ0n) is 20.7. The lowest BCUT2D eigenvalue weighted by molar-refractivity contribution is -0.150. The number of hydrogen-bond donors (Lipinski definition) is 4. The Labute approximate surface area is 243 Å². The summed E-state index contributed by atoms with van der Waals surface area (Å²) in [7, 11) is 4.88. The van der Waals surface area contributed by atoms with Gasteiger partial charge in [0.1, 0.15) is 35.8 Å². The van der Waals surface area contributed by atoms with E-state index < -0.39 is 29.2 Å². The molecular weight excluding hydrogens is 607 g/mol. The molecule has 1 saturated heterocycles. The van der Waals surface area contributed by atoms with Crippen LogP contribution in [0.1, 0.15) is 5.69 Å². The number of nitrogens with zero attached hydrogens (tertiary/aromatic N) is 6. The summed E-state index contributed by atoms with van der Waals surface area (Å²) >= 11 is 6.59. The first-order chi connectivity index (χ1) is 18.6. The number of nitrogens with one attached hydrogen (secondary N) is 2. The summed E-state index contributed by atoms with van der Waals surface area (Å²) in [5, 5.41) is 33.6. The molecule has 19 heteroatoms. The van der Waals surface area contributed by atoms with E-state index >= 15 is 0 Å². The topological polar surface area (TPSA) is 200 Å². The number of β-lactam (4-membered cyclic amide) rings is 1. The Morgan fingerprint density at radius 3 is 2.69 bits per heavy atom. The van der Waals surface area contributed by atoms with Crippen molar-refractivity contribution in [3.05, 3.63) is 22.3 Å². The van der Waals surface area contributed by atoms with Crippen LogP contribution < -0.4 is 11.1 Å². The van der Waals surface area contributed by atoms with Crippen LogP contribution in [-0.2, 0) is 19.2 Å². The van der Waals surface area contributed by atoms with E-state index in [4.69, 9.17) is 16.0 Å². The number of hydrogen-bond acceptors (Lipinski definition) is 15. The number of amidine groups is 1. The van der Waals surface area contributed by atoms with Gasteiger partial charge < -0.3 is 25.9 Å². The first-order valence-corrected chi connectivity index (χ1v) is 15.7. The molecule has 1 fully saturated rings. The van der Waals surface area contributed by atoms with Crippen LogP contribution >= 0.6 is 58.0 Å². The Kier molecular flexibility index (Phi) is 9.36. The summed E-state index contributed by atoms with van der Waals surface area (Å²) in [5.41, 5.74) is 6.20. The second-order valence-corrected chi connectivity index (χ2v) is 13.5. The minimum absolute atomic E-state index is 0.0849. The van der Waals surface area contributed by atoms with Gasteiger partial charge in [-0.15, -0.1) is 33.3 Å². The van der Waals surface area contributed by atoms with Gasteiger partial charge in [0.15, 0.2) is 19.5 Å². The molecule has 2 aliphatic heterocycles. The van der Waals surface area contributed by atoms with Crippen molar-refractivity contribution < 1.29 is 24.3 Å². The number of amides is 2. The number of thioether (sulfide) groups is 3. The fourth-order valence-corrected chi connectivity index (χ4v) is 8.46. The number of carbonyl (C=O) groups excluding carboxylic acids is 2. The quantitative estimate of drug-likeness (QED) is 0.0906. The van der Waals surface area contributed by atoms with Crippen molar-refractivity contribution in [2.24, 2.45) is 5.16 Å². The Hall–Kier alpha value is -2.87. The van der Waals surface area contributed by atoms with Crippen molar-refractivity contribution in [3.63, 3.8) is 0 Å². The van der Waals surface area contributed by atoms with Crippen LogP contribution in [0, 0.1) is 5.41 Å². The van der Waals surface area contributed by atoms with E-state index in [1.54, 1.807) is 24.4 Å². The molecule has 4 heterocycles. The number of rotatable bonds is 11. The Morgan fingerprint density at radius 2 is 2.08 bits per heavy atom. The van der Waals surface area contributed by atoms with Crippen LogP contribution in [0.4, 0.5) is 5.13 Å². The van der Waals surface area contributed by atoms with E-state index in [0.717, 1.165) is 11.3 Å². The number of aliphatic carboxylic acids is 1. The van der Waals surface area contributed by atoms with E-state index in [2.05, 4.69) is 25.7 Å². The van der Waals surface area contributed by atoms with Gasteiger partial charge in [-0.25, -0.2) is 9.78 Å². The molecule has 4 rings (SSSR count). The van der Waals surface area contributed by atoms with Gasteiger partial charge in [-0.05, 0) is 5.57 Å². The molecule has 39 heavy (non-hydrogen) atoms. The molecule has 2 aromatic rings. The fraction of sp³-hybridized carbons (Fsp3) is 0.400. The second-order valence-electron chi connectivity index (χ2n) is 8.06. The fourth-order valence-electron chi connectivity index (χ4n) is 3.42. The van der Waals surface area contributed by atoms with Crippen LogP contribution in [0.25, 0.3) is 0 Å². The van der Waals surface area contributed by atoms with Gasteiger partial charge in [0, 0.05) is 31.0 Å². The molecule has 0 aromatic carbocycles. The molecule has 2 atom stereocenters. The zero-order valence-corrected chi connectivity index (χ0v) is 24.8. The highest BCUT2D eigenvalue weighted by Crippen LogP contribution is 2.42. The summed E-state index contributed by atoms with van der Waals surface area (Å²) in [4.78, 5) is 49.8. The first kappa shape index (κ1) is 29.1. The van der Waals surface area contributed by atoms with Crippen molar-refractivity contribution >= 4 is 92.4 Å². The number of carboxylic acids is 1. The summed E-state index contributed by atoms with van der Waals surface area (Å²) in [5.74, 6) is -0.851. The number of carboxylic acid groups (broad SMARTS) is 1. The highest BCUT2D eigenvalue weighted by molar-refractivity contribution is 8.03. The average molecular weight is 630 g/mol. The van der Waals surface area contributed by atoms with E-state index in [1.807, 2.05) is 0 Å². The third-order valence-corrected chi connectivity index (χ3v) is 10.6. The normalized spacial score (nSPS) is 18.9. The molecule has 14 nitrogen and oxygen atoms in total. The van der Waals surface area contributed by atoms with Gasteiger partial charge in [-0.3, -0.25) is 19.9 Å². The molecule has 2 aliphatic rings. The number of anilines is 1. The van der Waals surface area contributed by atoms with E-state index in [9.17, 15) is 19.5 Å². The number of aromatic nitrogens is 3. The molecule has 0 spiro atoms. The molecule has 208 valence electrons. The van der Waals surface area contributed by atoms with Crippen molar-refractivity contribution in [2.45, 2.75) is 20.1 Å². The zero-order chi connectivity index (χ0) is 28.3. The molecule has 0 saturated carbocycles. The number of carbonyl (C=O) groups is 3. The summed E-state index contributed by atoms with van der Waals surface area (Å²) in [6.45, 7) is 0. The van der Waals surface area contributed by atoms with Crippen LogP contribution in [0.3, 0.4) is 0 Å². The smallest absolute Gasteiger partial charge is 0.352 e. The van der Waals surface area contributed by atoms with E-state index in [1.165, 1.54) is 58.6 Å². The maximum Gasteiger partial charge on any atom is 0.352 e. The van der Waals surface area contributed by atoms with Gasteiger partial charge in [-0.2, -0.15) is 0 Å². The van der Waals surface area contributed by atoms with Crippen LogP contribution in [-0.4, -0.2) is 109 Å². The average Bonchev–Trinajstić information content (AvgIpc) is 3.55. The van der Waals surface area contributed by atoms with Gasteiger partial charge in [-0.1, -0.05) is 40.0 Å². The summed E-state index contributed by atoms with van der Waals surface area (Å²) in [6.07, 6.45) is 0. The Morgan fingerprint density at radius 1 is 1.36 bits per heavy atom. The van der Waals surface area contributed by atoms with Crippen LogP contribution in [0.2, 0.25) is 0 Å². The van der Waals surface area contributed by atoms with Gasteiger partial charge in [0.05, 0.1) is 5.75 Å². The predicted molar refractivity (Wildman–Crippen MR) is 153 cm³/mol. The van der Waals surface area contributed by atoms with E-state index in [-0.39, 0.29) is 22.2 Å². The maximum atomic E-state index is 13.0. The molecule has 2 aromatic heterocycles. The molecule has 5 N–H and O–H groups in total. The Balaban J connectivity index is 1.41. The lowest BCUT2D eigenvalue weighted by Gasteiger charge is -2.49. The largest absolute Gasteiger partial charge is 0.477 e.